The van der Waals surface area contributed by atoms with E-state index in [1.165, 1.54) is 6.07 Å². The van der Waals surface area contributed by atoms with Gasteiger partial charge in [-0.05, 0) is 18.6 Å². The standard InChI is InChI=1S/C19H21F2N5/c1-14(26-9-8-25-7-5-23-19(25)12-26)17(11-24-6-4-22-13-24)16-3-2-15(20)10-18(16)21/h2-7,10,13-14,17H,8-9,11-12H2,1H3. The van der Waals surface area contributed by atoms with E-state index in [9.17, 15) is 8.78 Å². The average molecular weight is 357 g/mol. The summed E-state index contributed by atoms with van der Waals surface area (Å²) < 4.78 is 32.0. The summed E-state index contributed by atoms with van der Waals surface area (Å²) in [5.41, 5.74) is 0.529. The van der Waals surface area contributed by atoms with Crippen LogP contribution in [0.2, 0.25) is 0 Å². The number of nitrogens with zero attached hydrogens (tertiary/aromatic N) is 5. The monoisotopic (exact) mass is 357 g/mol. The van der Waals surface area contributed by atoms with E-state index < -0.39 is 11.6 Å². The Morgan fingerprint density at radius 2 is 2.04 bits per heavy atom. The van der Waals surface area contributed by atoms with Crippen molar-refractivity contribution < 1.29 is 8.78 Å². The molecule has 1 aliphatic heterocycles. The summed E-state index contributed by atoms with van der Waals surface area (Å²) in [5, 5.41) is 0. The summed E-state index contributed by atoms with van der Waals surface area (Å²) in [7, 11) is 0. The number of fused-ring (bicyclic) bond motifs is 1. The molecule has 2 atom stereocenters. The highest BCUT2D eigenvalue weighted by Gasteiger charge is 2.30. The molecule has 0 bridgehead atoms. The molecule has 2 unspecified atom stereocenters. The van der Waals surface area contributed by atoms with Crippen molar-refractivity contribution in [3.8, 4) is 0 Å². The first kappa shape index (κ1) is 16.9. The topological polar surface area (TPSA) is 38.9 Å². The lowest BCUT2D eigenvalue weighted by atomic mass is 9.90. The normalized spacial score (nSPS) is 17.0. The Balaban J connectivity index is 1.63. The van der Waals surface area contributed by atoms with E-state index >= 15 is 0 Å². The Morgan fingerprint density at radius 3 is 2.81 bits per heavy atom. The second kappa shape index (κ2) is 6.99. The number of halogens is 2. The van der Waals surface area contributed by atoms with Crippen molar-refractivity contribution in [2.75, 3.05) is 6.54 Å². The van der Waals surface area contributed by atoms with E-state index in [0.717, 1.165) is 31.5 Å². The zero-order valence-corrected chi connectivity index (χ0v) is 14.6. The molecule has 0 aliphatic carbocycles. The summed E-state index contributed by atoms with van der Waals surface area (Å²) in [4.78, 5) is 10.8. The molecule has 3 aromatic rings. The second-order valence-corrected chi connectivity index (χ2v) is 6.78. The zero-order valence-electron chi connectivity index (χ0n) is 14.6. The minimum atomic E-state index is -0.555. The van der Waals surface area contributed by atoms with Crippen molar-refractivity contribution in [3.63, 3.8) is 0 Å². The molecule has 0 saturated heterocycles. The molecule has 7 heteroatoms. The molecular weight excluding hydrogens is 336 g/mol. The number of hydrogen-bond donors (Lipinski definition) is 0. The van der Waals surface area contributed by atoms with E-state index in [1.54, 1.807) is 18.6 Å². The highest BCUT2D eigenvalue weighted by atomic mass is 19.1. The highest BCUT2D eigenvalue weighted by molar-refractivity contribution is 5.24. The van der Waals surface area contributed by atoms with E-state index in [2.05, 4.69) is 26.4 Å². The van der Waals surface area contributed by atoms with E-state index in [1.807, 2.05) is 23.2 Å². The van der Waals surface area contributed by atoms with Crippen LogP contribution in [0.15, 0.2) is 49.3 Å². The molecule has 0 radical (unpaired) electrons. The number of aromatic nitrogens is 4. The van der Waals surface area contributed by atoms with Crippen molar-refractivity contribution in [1.29, 1.82) is 0 Å². The van der Waals surface area contributed by atoms with Gasteiger partial charge in [-0.25, -0.2) is 18.7 Å². The molecular formula is C19H21F2N5. The van der Waals surface area contributed by atoms with Gasteiger partial charge < -0.3 is 9.13 Å². The van der Waals surface area contributed by atoms with Crippen molar-refractivity contribution in [2.24, 2.45) is 0 Å². The van der Waals surface area contributed by atoms with Crippen LogP contribution in [0.5, 0.6) is 0 Å². The van der Waals surface area contributed by atoms with Crippen molar-refractivity contribution >= 4 is 0 Å². The van der Waals surface area contributed by atoms with Gasteiger partial charge in [-0.2, -0.15) is 0 Å². The minimum Gasteiger partial charge on any atom is -0.337 e. The summed E-state index contributed by atoms with van der Waals surface area (Å²) >= 11 is 0. The molecule has 0 amide bonds. The lowest BCUT2D eigenvalue weighted by Gasteiger charge is -2.37. The van der Waals surface area contributed by atoms with E-state index in [-0.39, 0.29) is 12.0 Å². The lowest BCUT2D eigenvalue weighted by Crippen LogP contribution is -2.43. The first-order valence-electron chi connectivity index (χ1n) is 8.76. The van der Waals surface area contributed by atoms with Crippen LogP contribution in [0.4, 0.5) is 8.78 Å². The molecule has 0 spiro atoms. The first-order chi connectivity index (χ1) is 12.6. The lowest BCUT2D eigenvalue weighted by molar-refractivity contribution is 0.135. The number of hydrogen-bond acceptors (Lipinski definition) is 3. The molecule has 0 saturated carbocycles. The number of rotatable bonds is 5. The van der Waals surface area contributed by atoms with Crippen LogP contribution in [0.25, 0.3) is 0 Å². The Bertz CT molecular complexity index is 874. The van der Waals surface area contributed by atoms with Crippen LogP contribution < -0.4 is 0 Å². The molecule has 1 aromatic carbocycles. The van der Waals surface area contributed by atoms with Gasteiger partial charge >= 0.3 is 0 Å². The molecule has 1 aliphatic rings. The van der Waals surface area contributed by atoms with Gasteiger partial charge in [0.25, 0.3) is 0 Å². The maximum atomic E-state index is 14.5. The molecule has 136 valence electrons. The third-order valence-electron chi connectivity index (χ3n) is 5.26. The Morgan fingerprint density at radius 1 is 1.15 bits per heavy atom. The maximum Gasteiger partial charge on any atom is 0.129 e. The Kier molecular flexibility index (Phi) is 4.55. The number of imidazole rings is 2. The van der Waals surface area contributed by atoms with Gasteiger partial charge in [-0.1, -0.05) is 6.07 Å². The van der Waals surface area contributed by atoms with Crippen LogP contribution in [0.3, 0.4) is 0 Å². The predicted octanol–water partition coefficient (Wildman–Crippen LogP) is 3.05. The Hall–Kier alpha value is -2.54. The van der Waals surface area contributed by atoms with Gasteiger partial charge in [0, 0.05) is 62.4 Å². The van der Waals surface area contributed by atoms with E-state index in [0.29, 0.717) is 12.1 Å². The quantitative estimate of drug-likeness (QED) is 0.705. The van der Waals surface area contributed by atoms with Crippen LogP contribution in [-0.4, -0.2) is 36.6 Å². The largest absolute Gasteiger partial charge is 0.337 e. The van der Waals surface area contributed by atoms with Crippen molar-refractivity contribution in [2.45, 2.75) is 38.5 Å². The fraction of sp³-hybridized carbons (Fsp3) is 0.368. The predicted molar refractivity (Wildman–Crippen MR) is 93.4 cm³/mol. The smallest absolute Gasteiger partial charge is 0.129 e. The summed E-state index contributed by atoms with van der Waals surface area (Å²) in [6, 6.07) is 3.91. The van der Waals surface area contributed by atoms with Gasteiger partial charge in [0.15, 0.2) is 0 Å². The van der Waals surface area contributed by atoms with Crippen molar-refractivity contribution in [1.82, 2.24) is 24.0 Å². The third kappa shape index (κ3) is 3.26. The average Bonchev–Trinajstić information content (AvgIpc) is 3.30. The fourth-order valence-electron chi connectivity index (χ4n) is 3.73. The Labute approximate surface area is 150 Å². The molecule has 4 rings (SSSR count). The SMILES string of the molecule is CC(C(Cn1ccnc1)c1ccc(F)cc1F)N1CCn2ccnc2C1. The van der Waals surface area contributed by atoms with Gasteiger partial charge in [-0.15, -0.1) is 0 Å². The first-order valence-corrected chi connectivity index (χ1v) is 8.76. The second-order valence-electron chi connectivity index (χ2n) is 6.78. The third-order valence-corrected chi connectivity index (χ3v) is 5.26. The molecule has 2 aromatic heterocycles. The maximum absolute atomic E-state index is 14.5. The van der Waals surface area contributed by atoms with Gasteiger partial charge in [-0.3, -0.25) is 4.90 Å². The van der Waals surface area contributed by atoms with Crippen molar-refractivity contribution in [3.05, 3.63) is 72.3 Å². The minimum absolute atomic E-state index is 0.0582. The summed E-state index contributed by atoms with van der Waals surface area (Å²) in [5.74, 6) is -0.170. The molecule has 26 heavy (non-hydrogen) atoms. The van der Waals surface area contributed by atoms with Gasteiger partial charge in [0.2, 0.25) is 0 Å². The highest BCUT2D eigenvalue weighted by Crippen LogP contribution is 2.30. The van der Waals surface area contributed by atoms with Crippen LogP contribution in [0, 0.1) is 11.6 Å². The fourth-order valence-corrected chi connectivity index (χ4v) is 3.73. The molecule has 5 nitrogen and oxygen atoms in total. The van der Waals surface area contributed by atoms with Gasteiger partial charge in [0.1, 0.15) is 17.5 Å². The van der Waals surface area contributed by atoms with E-state index in [4.69, 9.17) is 0 Å². The number of benzene rings is 1. The van der Waals surface area contributed by atoms with Crippen LogP contribution >= 0.6 is 0 Å². The van der Waals surface area contributed by atoms with Crippen LogP contribution in [-0.2, 0) is 19.6 Å². The van der Waals surface area contributed by atoms with Crippen LogP contribution in [0.1, 0.15) is 24.2 Å². The molecule has 0 N–H and O–H groups in total. The summed E-state index contributed by atoms with van der Waals surface area (Å²) in [6.45, 7) is 5.13. The zero-order chi connectivity index (χ0) is 18.1. The molecule has 3 heterocycles. The van der Waals surface area contributed by atoms with Gasteiger partial charge in [0.05, 0.1) is 12.9 Å². The molecule has 0 fully saturated rings. The summed E-state index contributed by atoms with van der Waals surface area (Å²) in [6.07, 6.45) is 9.10.